The number of nitrogens with zero attached hydrogens (tertiary/aromatic N) is 3. The number of benzene rings is 1. The molecule has 150 valence electrons. The van der Waals surface area contributed by atoms with Gasteiger partial charge in [-0.05, 0) is 51.3 Å². The minimum Gasteiger partial charge on any atom is -0.368 e. The summed E-state index contributed by atoms with van der Waals surface area (Å²) in [6, 6.07) is 10.3. The SMILES string of the molecule is C=C1N(CC(N)=O)C(=O)N(CC2CCC2)C12CC(c1ccccc1)(N(C)C)C2. The van der Waals surface area contributed by atoms with Crippen molar-refractivity contribution in [1.29, 1.82) is 0 Å². The number of carbonyl (C=O) groups is 2. The van der Waals surface area contributed by atoms with Crippen LogP contribution < -0.4 is 5.73 Å². The third-order valence-corrected chi connectivity index (χ3v) is 7.16. The van der Waals surface area contributed by atoms with Crippen molar-refractivity contribution in [2.45, 2.75) is 43.2 Å². The topological polar surface area (TPSA) is 69.9 Å². The molecule has 2 saturated carbocycles. The standard InChI is InChI=1S/C22H30N4O2/c1-16-21(14-22(15-21,24(2)3)18-10-5-4-6-11-18)26(12-17-8-7-9-17)20(28)25(16)13-19(23)27/h4-6,10-11,17H,1,7-9,12-15H2,2-3H3,(H2,23,27). The predicted octanol–water partition coefficient (Wildman–Crippen LogP) is 2.51. The van der Waals surface area contributed by atoms with E-state index in [4.69, 9.17) is 5.73 Å². The molecule has 1 saturated heterocycles. The van der Waals surface area contributed by atoms with Gasteiger partial charge in [0.2, 0.25) is 5.91 Å². The summed E-state index contributed by atoms with van der Waals surface area (Å²) < 4.78 is 0. The largest absolute Gasteiger partial charge is 0.368 e. The summed E-state index contributed by atoms with van der Waals surface area (Å²) in [4.78, 5) is 30.6. The van der Waals surface area contributed by atoms with Crippen LogP contribution in [0.1, 0.15) is 37.7 Å². The van der Waals surface area contributed by atoms with Gasteiger partial charge in [0.1, 0.15) is 6.54 Å². The van der Waals surface area contributed by atoms with E-state index in [0.29, 0.717) is 5.92 Å². The number of urea groups is 1. The van der Waals surface area contributed by atoms with E-state index in [9.17, 15) is 9.59 Å². The molecule has 1 aromatic carbocycles. The molecule has 0 unspecified atom stereocenters. The van der Waals surface area contributed by atoms with Crippen molar-refractivity contribution in [1.82, 2.24) is 14.7 Å². The molecule has 3 aliphatic rings. The van der Waals surface area contributed by atoms with Crippen LogP contribution in [0.15, 0.2) is 42.6 Å². The predicted molar refractivity (Wildman–Crippen MR) is 108 cm³/mol. The maximum atomic E-state index is 13.2. The fraction of sp³-hybridized carbons (Fsp3) is 0.545. The molecule has 3 amide bonds. The molecule has 0 bridgehead atoms. The highest BCUT2D eigenvalue weighted by Crippen LogP contribution is 2.60. The lowest BCUT2D eigenvalue weighted by Crippen LogP contribution is -2.67. The Kier molecular flexibility index (Phi) is 4.49. The summed E-state index contributed by atoms with van der Waals surface area (Å²) in [7, 11) is 4.19. The highest BCUT2D eigenvalue weighted by molar-refractivity contribution is 5.88. The van der Waals surface area contributed by atoms with Crippen LogP contribution in [0, 0.1) is 5.92 Å². The maximum Gasteiger partial charge on any atom is 0.325 e. The van der Waals surface area contributed by atoms with E-state index in [-0.39, 0.29) is 18.1 Å². The number of hydrogen-bond acceptors (Lipinski definition) is 3. The molecule has 4 rings (SSSR count). The Hall–Kier alpha value is -2.34. The van der Waals surface area contributed by atoms with Crippen molar-refractivity contribution in [3.05, 3.63) is 48.2 Å². The summed E-state index contributed by atoms with van der Waals surface area (Å²) in [5.74, 6) is 0.0460. The van der Waals surface area contributed by atoms with Gasteiger partial charge in [-0.3, -0.25) is 14.6 Å². The molecule has 28 heavy (non-hydrogen) atoms. The van der Waals surface area contributed by atoms with Gasteiger partial charge in [0.05, 0.1) is 11.1 Å². The first-order valence-electron chi connectivity index (χ1n) is 10.1. The Bertz CT molecular complexity index is 794. The van der Waals surface area contributed by atoms with Gasteiger partial charge >= 0.3 is 6.03 Å². The smallest absolute Gasteiger partial charge is 0.325 e. The monoisotopic (exact) mass is 382 g/mol. The van der Waals surface area contributed by atoms with Gasteiger partial charge in [0, 0.05) is 12.2 Å². The maximum absolute atomic E-state index is 13.2. The molecule has 1 spiro atoms. The molecule has 0 atom stereocenters. The van der Waals surface area contributed by atoms with Crippen LogP contribution in [0.5, 0.6) is 0 Å². The van der Waals surface area contributed by atoms with Crippen molar-refractivity contribution in [3.8, 4) is 0 Å². The van der Waals surface area contributed by atoms with Crippen LogP contribution >= 0.6 is 0 Å². The van der Waals surface area contributed by atoms with Crippen LogP contribution in [0.4, 0.5) is 4.79 Å². The van der Waals surface area contributed by atoms with Crippen molar-refractivity contribution in [3.63, 3.8) is 0 Å². The Morgan fingerprint density at radius 2 is 1.89 bits per heavy atom. The quantitative estimate of drug-likeness (QED) is 0.822. The molecule has 6 nitrogen and oxygen atoms in total. The van der Waals surface area contributed by atoms with E-state index >= 15 is 0 Å². The van der Waals surface area contributed by atoms with E-state index < -0.39 is 11.4 Å². The summed E-state index contributed by atoms with van der Waals surface area (Å²) in [6.07, 6.45) is 5.13. The molecule has 2 aliphatic carbocycles. The van der Waals surface area contributed by atoms with Gasteiger partial charge in [0.15, 0.2) is 0 Å². The van der Waals surface area contributed by atoms with Gasteiger partial charge in [-0.1, -0.05) is 43.3 Å². The van der Waals surface area contributed by atoms with Crippen LogP contribution in [0.2, 0.25) is 0 Å². The minimum atomic E-state index is -0.503. The lowest BCUT2D eigenvalue weighted by Gasteiger charge is -2.61. The number of nitrogens with two attached hydrogens (primary N) is 1. The van der Waals surface area contributed by atoms with Gasteiger partial charge in [0.25, 0.3) is 0 Å². The van der Waals surface area contributed by atoms with E-state index in [0.717, 1.165) is 25.1 Å². The van der Waals surface area contributed by atoms with Crippen molar-refractivity contribution < 1.29 is 9.59 Å². The highest BCUT2D eigenvalue weighted by Gasteiger charge is 2.66. The number of rotatable bonds is 6. The number of carbonyl (C=O) groups excluding carboxylic acids is 2. The van der Waals surface area contributed by atoms with Crippen molar-refractivity contribution >= 4 is 11.9 Å². The first-order chi connectivity index (χ1) is 13.3. The molecule has 3 fully saturated rings. The normalized spacial score (nSPS) is 30.1. The average Bonchev–Trinajstić information content (AvgIpc) is 2.78. The third-order valence-electron chi connectivity index (χ3n) is 7.16. The molecular weight excluding hydrogens is 352 g/mol. The zero-order valence-corrected chi connectivity index (χ0v) is 16.9. The highest BCUT2D eigenvalue weighted by atomic mass is 16.2. The van der Waals surface area contributed by atoms with Gasteiger partial charge < -0.3 is 10.6 Å². The molecule has 2 N–H and O–H groups in total. The molecule has 1 aromatic rings. The zero-order chi connectivity index (χ0) is 20.1. The molecule has 6 heteroatoms. The summed E-state index contributed by atoms with van der Waals surface area (Å²) in [6.45, 7) is 4.92. The number of primary amides is 1. The first kappa shape index (κ1) is 19.0. The van der Waals surface area contributed by atoms with E-state index in [1.165, 1.54) is 29.7 Å². The van der Waals surface area contributed by atoms with E-state index in [1.54, 1.807) is 0 Å². The first-order valence-corrected chi connectivity index (χ1v) is 10.1. The Balaban J connectivity index is 1.68. The zero-order valence-electron chi connectivity index (χ0n) is 16.9. The Morgan fingerprint density at radius 3 is 2.39 bits per heavy atom. The van der Waals surface area contributed by atoms with Crippen molar-refractivity contribution in [2.75, 3.05) is 27.2 Å². The lowest BCUT2D eigenvalue weighted by atomic mass is 9.57. The third kappa shape index (κ3) is 2.65. The van der Waals surface area contributed by atoms with E-state index in [2.05, 4.69) is 49.8 Å². The van der Waals surface area contributed by atoms with Gasteiger partial charge in [-0.25, -0.2) is 4.79 Å². The van der Waals surface area contributed by atoms with Gasteiger partial charge in [-0.15, -0.1) is 0 Å². The molecule has 0 aromatic heterocycles. The summed E-state index contributed by atoms with van der Waals surface area (Å²) >= 11 is 0. The molecule has 1 heterocycles. The van der Waals surface area contributed by atoms with Crippen molar-refractivity contribution in [2.24, 2.45) is 11.7 Å². The number of amides is 3. The Labute approximate surface area is 167 Å². The summed E-state index contributed by atoms with van der Waals surface area (Å²) in [5.41, 5.74) is 6.82. The minimum absolute atomic E-state index is 0.0963. The molecule has 0 radical (unpaired) electrons. The Morgan fingerprint density at radius 1 is 1.25 bits per heavy atom. The second kappa shape index (κ2) is 6.62. The summed E-state index contributed by atoms with van der Waals surface area (Å²) in [5, 5.41) is 0. The van der Waals surface area contributed by atoms with Crippen LogP contribution in [-0.2, 0) is 10.3 Å². The van der Waals surface area contributed by atoms with Crippen LogP contribution in [-0.4, -0.2) is 59.4 Å². The number of hydrogen-bond donors (Lipinski definition) is 1. The fourth-order valence-electron chi connectivity index (χ4n) is 5.19. The molecular formula is C22H30N4O2. The lowest BCUT2D eigenvalue weighted by molar-refractivity contribution is -0.118. The van der Waals surface area contributed by atoms with E-state index in [1.807, 2.05) is 11.0 Å². The van der Waals surface area contributed by atoms with Gasteiger partial charge in [-0.2, -0.15) is 0 Å². The average molecular weight is 383 g/mol. The molecule has 1 aliphatic heterocycles. The van der Waals surface area contributed by atoms with Crippen LogP contribution in [0.3, 0.4) is 0 Å². The second-order valence-electron chi connectivity index (χ2n) is 8.87. The fourth-order valence-corrected chi connectivity index (χ4v) is 5.19. The second-order valence-corrected chi connectivity index (χ2v) is 8.87. The van der Waals surface area contributed by atoms with Crippen LogP contribution in [0.25, 0.3) is 0 Å².